The van der Waals surface area contributed by atoms with Crippen molar-refractivity contribution in [1.29, 1.82) is 0 Å². The first-order valence-corrected chi connectivity index (χ1v) is 14.7. The van der Waals surface area contributed by atoms with Gasteiger partial charge in [0.1, 0.15) is 18.4 Å². The summed E-state index contributed by atoms with van der Waals surface area (Å²) in [6, 6.07) is 39.0. The molecule has 1 amide bonds. The summed E-state index contributed by atoms with van der Waals surface area (Å²) in [6.07, 6.45) is 0.191. The van der Waals surface area contributed by atoms with E-state index in [1.807, 2.05) is 67.6 Å². The molecule has 5 aromatic carbocycles. The normalized spacial score (nSPS) is 11.3. The predicted molar refractivity (Wildman–Crippen MR) is 176 cm³/mol. The number of hydrogen-bond acceptors (Lipinski definition) is 5. The quantitative estimate of drug-likeness (QED) is 0.141. The Morgan fingerprint density at radius 2 is 1.33 bits per heavy atom. The van der Waals surface area contributed by atoms with Gasteiger partial charge in [0, 0.05) is 34.5 Å². The van der Waals surface area contributed by atoms with Crippen LogP contribution in [0.4, 0.5) is 11.4 Å². The second-order valence-electron chi connectivity index (χ2n) is 10.6. The van der Waals surface area contributed by atoms with Crippen LogP contribution in [0, 0.1) is 6.92 Å². The van der Waals surface area contributed by atoms with Crippen molar-refractivity contribution < 1.29 is 24.2 Å². The molecular formula is C38H34N2O5. The maximum atomic E-state index is 13.3. The van der Waals surface area contributed by atoms with E-state index in [2.05, 4.69) is 5.32 Å². The summed E-state index contributed by atoms with van der Waals surface area (Å²) in [4.78, 5) is 40.4. The number of para-hydroxylation sites is 1. The van der Waals surface area contributed by atoms with Crippen molar-refractivity contribution in [3.8, 4) is 5.75 Å². The SMILES string of the molecule is Cc1ccc(N(CCOc2ccc(C[C@H](Nc3ccccc3C(=O)c3ccccc3)C(=O)O)cc2)C(=O)c2ccccc2)cc1. The number of carboxylic acids is 1. The first kappa shape index (κ1) is 30.8. The number of amides is 1. The van der Waals surface area contributed by atoms with Gasteiger partial charge in [0.2, 0.25) is 0 Å². The lowest BCUT2D eigenvalue weighted by Gasteiger charge is -2.23. The van der Waals surface area contributed by atoms with Gasteiger partial charge < -0.3 is 20.1 Å². The number of hydrogen-bond donors (Lipinski definition) is 2. The predicted octanol–water partition coefficient (Wildman–Crippen LogP) is 7.06. The van der Waals surface area contributed by atoms with Crippen molar-refractivity contribution in [2.45, 2.75) is 19.4 Å². The zero-order valence-electron chi connectivity index (χ0n) is 24.9. The monoisotopic (exact) mass is 598 g/mol. The molecule has 5 aromatic rings. The minimum absolute atomic E-state index is 0.113. The Hall–Kier alpha value is -5.69. The number of benzene rings is 5. The smallest absolute Gasteiger partial charge is 0.326 e. The van der Waals surface area contributed by atoms with Gasteiger partial charge in [0.15, 0.2) is 5.78 Å². The Morgan fingerprint density at radius 1 is 0.733 bits per heavy atom. The highest BCUT2D eigenvalue weighted by Crippen LogP contribution is 2.23. The van der Waals surface area contributed by atoms with E-state index in [-0.39, 0.29) is 24.7 Å². The van der Waals surface area contributed by atoms with Crippen molar-refractivity contribution in [1.82, 2.24) is 0 Å². The molecule has 0 fully saturated rings. The van der Waals surface area contributed by atoms with Gasteiger partial charge in [-0.1, -0.05) is 90.5 Å². The molecule has 0 unspecified atom stereocenters. The number of ether oxygens (including phenoxy) is 1. The van der Waals surface area contributed by atoms with E-state index >= 15 is 0 Å². The number of ketones is 1. The van der Waals surface area contributed by atoms with Gasteiger partial charge >= 0.3 is 5.97 Å². The van der Waals surface area contributed by atoms with Crippen LogP contribution in [0.15, 0.2) is 133 Å². The number of nitrogens with one attached hydrogen (secondary N) is 1. The van der Waals surface area contributed by atoms with Crippen molar-refractivity contribution in [3.05, 3.63) is 161 Å². The Kier molecular flexibility index (Phi) is 10.0. The third-order valence-corrected chi connectivity index (χ3v) is 7.39. The van der Waals surface area contributed by atoms with Gasteiger partial charge in [-0.05, 0) is 61.0 Å². The molecular weight excluding hydrogens is 564 g/mol. The van der Waals surface area contributed by atoms with Gasteiger partial charge in [-0.3, -0.25) is 9.59 Å². The number of carbonyl (C=O) groups excluding carboxylic acids is 2. The molecule has 0 aliphatic rings. The van der Waals surface area contributed by atoms with Crippen molar-refractivity contribution >= 4 is 29.0 Å². The van der Waals surface area contributed by atoms with E-state index in [1.165, 1.54) is 0 Å². The summed E-state index contributed by atoms with van der Waals surface area (Å²) >= 11 is 0. The zero-order chi connectivity index (χ0) is 31.6. The molecule has 0 aliphatic heterocycles. The van der Waals surface area contributed by atoms with Crippen LogP contribution in [-0.4, -0.2) is 42.0 Å². The molecule has 2 N–H and O–H groups in total. The third-order valence-electron chi connectivity index (χ3n) is 7.39. The zero-order valence-corrected chi connectivity index (χ0v) is 24.9. The van der Waals surface area contributed by atoms with E-state index in [4.69, 9.17) is 4.74 Å². The highest BCUT2D eigenvalue weighted by atomic mass is 16.5. The molecule has 0 saturated carbocycles. The first-order valence-electron chi connectivity index (χ1n) is 14.7. The van der Waals surface area contributed by atoms with Crippen LogP contribution in [0.25, 0.3) is 0 Å². The molecule has 226 valence electrons. The lowest BCUT2D eigenvalue weighted by atomic mass is 10.00. The number of nitrogens with zero attached hydrogens (tertiary/aromatic N) is 1. The number of carboxylic acid groups (broad SMARTS) is 1. The summed E-state index contributed by atoms with van der Waals surface area (Å²) in [5.41, 5.74) is 4.66. The summed E-state index contributed by atoms with van der Waals surface area (Å²) in [6.45, 7) is 2.60. The fourth-order valence-electron chi connectivity index (χ4n) is 4.96. The van der Waals surface area contributed by atoms with E-state index < -0.39 is 12.0 Å². The highest BCUT2D eigenvalue weighted by molar-refractivity contribution is 6.12. The number of aryl methyl sites for hydroxylation is 1. The summed E-state index contributed by atoms with van der Waals surface area (Å²) < 4.78 is 5.99. The standard InChI is InChI=1S/C38H34N2O5/c1-27-16-20-31(21-17-27)40(37(42)30-12-6-3-7-13-30)24-25-45-32-22-18-28(19-23-32)26-35(38(43)44)39-34-15-9-8-14-33(34)36(41)29-10-4-2-5-11-29/h2-23,35,39H,24-26H2,1H3,(H,43,44)/t35-/m0/s1. The molecule has 7 nitrogen and oxygen atoms in total. The van der Waals surface area contributed by atoms with Gasteiger partial charge in [-0.2, -0.15) is 0 Å². The molecule has 0 heterocycles. The average molecular weight is 599 g/mol. The highest BCUT2D eigenvalue weighted by Gasteiger charge is 2.22. The Morgan fingerprint density at radius 3 is 1.98 bits per heavy atom. The van der Waals surface area contributed by atoms with Crippen LogP contribution in [-0.2, 0) is 11.2 Å². The second kappa shape index (κ2) is 14.7. The van der Waals surface area contributed by atoms with Crippen LogP contribution in [0.5, 0.6) is 5.75 Å². The molecule has 1 atom stereocenters. The number of rotatable bonds is 13. The van der Waals surface area contributed by atoms with Gasteiger partial charge in [0.25, 0.3) is 5.91 Å². The van der Waals surface area contributed by atoms with Crippen LogP contribution in [0.3, 0.4) is 0 Å². The van der Waals surface area contributed by atoms with E-state index in [0.29, 0.717) is 34.7 Å². The maximum Gasteiger partial charge on any atom is 0.326 e. The van der Waals surface area contributed by atoms with Gasteiger partial charge in [-0.25, -0.2) is 4.79 Å². The second-order valence-corrected chi connectivity index (χ2v) is 10.6. The minimum atomic E-state index is -1.03. The largest absolute Gasteiger partial charge is 0.492 e. The molecule has 0 spiro atoms. The lowest BCUT2D eigenvalue weighted by molar-refractivity contribution is -0.137. The Labute approximate surface area is 262 Å². The van der Waals surface area contributed by atoms with E-state index in [9.17, 15) is 19.5 Å². The Balaban J connectivity index is 1.23. The fourth-order valence-corrected chi connectivity index (χ4v) is 4.96. The first-order chi connectivity index (χ1) is 21.9. The Bertz CT molecular complexity index is 1740. The van der Waals surface area contributed by atoms with Crippen LogP contribution >= 0.6 is 0 Å². The lowest BCUT2D eigenvalue weighted by Crippen LogP contribution is -2.34. The molecule has 0 saturated heterocycles. The fraction of sp³-hybridized carbons (Fsp3) is 0.132. The number of anilines is 2. The molecule has 0 radical (unpaired) electrons. The van der Waals surface area contributed by atoms with Crippen molar-refractivity contribution in [2.75, 3.05) is 23.4 Å². The number of carbonyl (C=O) groups is 3. The van der Waals surface area contributed by atoms with Gasteiger partial charge in [0.05, 0.1) is 6.54 Å². The van der Waals surface area contributed by atoms with Crippen LogP contribution in [0.1, 0.15) is 37.4 Å². The van der Waals surface area contributed by atoms with E-state index in [1.54, 1.807) is 77.7 Å². The topological polar surface area (TPSA) is 95.9 Å². The van der Waals surface area contributed by atoms with Gasteiger partial charge in [-0.15, -0.1) is 0 Å². The molecule has 0 aliphatic carbocycles. The van der Waals surface area contributed by atoms with Crippen LogP contribution < -0.4 is 15.0 Å². The average Bonchev–Trinajstić information content (AvgIpc) is 3.08. The molecule has 0 bridgehead atoms. The van der Waals surface area contributed by atoms with Crippen molar-refractivity contribution in [2.24, 2.45) is 0 Å². The third kappa shape index (κ3) is 8.03. The minimum Gasteiger partial charge on any atom is -0.492 e. The molecule has 45 heavy (non-hydrogen) atoms. The number of aliphatic carboxylic acids is 1. The molecule has 5 rings (SSSR count). The molecule has 7 heteroatoms. The van der Waals surface area contributed by atoms with Crippen LogP contribution in [0.2, 0.25) is 0 Å². The summed E-state index contributed by atoms with van der Waals surface area (Å²) in [7, 11) is 0. The van der Waals surface area contributed by atoms with E-state index in [0.717, 1.165) is 16.8 Å². The summed E-state index contributed by atoms with van der Waals surface area (Å²) in [5, 5.41) is 13.1. The van der Waals surface area contributed by atoms with Crippen molar-refractivity contribution in [3.63, 3.8) is 0 Å². The summed E-state index contributed by atoms with van der Waals surface area (Å²) in [5.74, 6) is -0.724. The maximum absolute atomic E-state index is 13.3. The molecule has 0 aromatic heterocycles.